The zero-order valence-electron chi connectivity index (χ0n) is 10.5. The average Bonchev–Trinajstić information content (AvgIpc) is 2.99. The highest BCUT2D eigenvalue weighted by molar-refractivity contribution is 7.18. The van der Waals surface area contributed by atoms with Crippen molar-refractivity contribution in [3.8, 4) is 0 Å². The fourth-order valence-electron chi connectivity index (χ4n) is 2.13. The number of nitrogens with two attached hydrogens (primary N) is 1. The topological polar surface area (TPSA) is 128 Å². The van der Waals surface area contributed by atoms with E-state index in [2.05, 4.69) is 15.1 Å². The lowest BCUT2D eigenvalue weighted by molar-refractivity contribution is -0.122. The zero-order valence-corrected chi connectivity index (χ0v) is 11.3. The summed E-state index contributed by atoms with van der Waals surface area (Å²) in [6, 6.07) is 0. The Kier molecular flexibility index (Phi) is 4.23. The van der Waals surface area contributed by atoms with Crippen LogP contribution in [0.1, 0.15) is 12.8 Å². The van der Waals surface area contributed by atoms with E-state index in [1.807, 2.05) is 0 Å². The molecule has 1 spiro atoms. The molecular formula is C10H14N4O5S. The molecule has 0 atom stereocenters. The summed E-state index contributed by atoms with van der Waals surface area (Å²) in [5.74, 6) is 0. The second kappa shape index (κ2) is 5.90. The van der Waals surface area contributed by atoms with Gasteiger partial charge < -0.3 is 25.2 Å². The molecule has 3 heterocycles. The van der Waals surface area contributed by atoms with Gasteiger partial charge in [0.05, 0.1) is 0 Å². The molecule has 0 amide bonds. The van der Waals surface area contributed by atoms with Crippen LogP contribution in [-0.4, -0.2) is 53.2 Å². The Labute approximate surface area is 118 Å². The molecule has 1 aromatic rings. The molecule has 2 saturated heterocycles. The van der Waals surface area contributed by atoms with Crippen LogP contribution >= 0.6 is 11.3 Å². The van der Waals surface area contributed by atoms with Gasteiger partial charge in [-0.25, -0.2) is 4.79 Å². The largest absolute Gasteiger partial charge is 0.509 e. The van der Waals surface area contributed by atoms with Crippen LogP contribution in [0.25, 0.3) is 0 Å². The summed E-state index contributed by atoms with van der Waals surface area (Å²) in [7, 11) is 0. The summed E-state index contributed by atoms with van der Waals surface area (Å²) in [6.07, 6.45) is 0.940. The first-order valence-corrected chi connectivity index (χ1v) is 6.68. The maximum atomic E-state index is 11.0. The van der Waals surface area contributed by atoms with Crippen molar-refractivity contribution < 1.29 is 24.2 Å². The molecule has 10 heteroatoms. The number of ether oxygens (including phenoxy) is 2. The highest BCUT2D eigenvalue weighted by Crippen LogP contribution is 2.34. The van der Waals surface area contributed by atoms with E-state index in [0.717, 1.165) is 31.1 Å². The van der Waals surface area contributed by atoms with E-state index >= 15 is 0 Å². The van der Waals surface area contributed by atoms with Crippen molar-refractivity contribution in [2.45, 2.75) is 18.4 Å². The van der Waals surface area contributed by atoms with Gasteiger partial charge in [-0.2, -0.15) is 0 Å². The Bertz CT molecular complexity index is 486. The first kappa shape index (κ1) is 14.3. The Morgan fingerprint density at radius 3 is 2.50 bits per heavy atom. The van der Waals surface area contributed by atoms with Gasteiger partial charge in [0.15, 0.2) is 5.60 Å². The number of aromatic nitrogens is 2. The maximum absolute atomic E-state index is 11.0. The predicted molar refractivity (Wildman–Crippen MR) is 69.6 cm³/mol. The van der Waals surface area contributed by atoms with Crippen LogP contribution in [0.3, 0.4) is 0 Å². The molecular weight excluding hydrogens is 288 g/mol. The molecule has 0 saturated carbocycles. The second-order valence-electron chi connectivity index (χ2n) is 4.34. The fourth-order valence-corrected chi connectivity index (χ4v) is 2.79. The van der Waals surface area contributed by atoms with Gasteiger partial charge in [0.1, 0.15) is 6.61 Å². The molecule has 1 aromatic heterocycles. The van der Waals surface area contributed by atoms with Gasteiger partial charge in [-0.1, -0.05) is 11.3 Å². The first-order valence-electron chi connectivity index (χ1n) is 5.86. The number of hydrogen-bond donors (Lipinski definition) is 2. The lowest BCUT2D eigenvalue weighted by atomic mass is 9.93. The number of carboxylic acid groups (broad SMARTS) is 1. The highest BCUT2D eigenvalue weighted by atomic mass is 32.1. The van der Waals surface area contributed by atoms with Gasteiger partial charge in [-0.05, 0) is 0 Å². The minimum atomic E-state index is -0.557. The standard InChI is InChI=1S/C9H12N4O3S.CH2O2/c10-6-11-12-7(17-6)13-3-1-9(2-4-13)5-15-8(14)16-9;2-1-3/h1-5H2,(H2,10,11);1H,(H,2,3). The van der Waals surface area contributed by atoms with Crippen LogP contribution in [-0.2, 0) is 14.3 Å². The van der Waals surface area contributed by atoms with Gasteiger partial charge in [0.2, 0.25) is 10.3 Å². The summed E-state index contributed by atoms with van der Waals surface area (Å²) in [5.41, 5.74) is 5.12. The minimum absolute atomic E-state index is 0.250. The normalized spacial score (nSPS) is 19.8. The monoisotopic (exact) mass is 302 g/mol. The van der Waals surface area contributed by atoms with Crippen LogP contribution in [0.5, 0.6) is 0 Å². The van der Waals surface area contributed by atoms with Crippen molar-refractivity contribution in [1.82, 2.24) is 10.2 Å². The van der Waals surface area contributed by atoms with Crippen LogP contribution in [0.15, 0.2) is 0 Å². The van der Waals surface area contributed by atoms with E-state index < -0.39 is 11.8 Å². The lowest BCUT2D eigenvalue weighted by Gasteiger charge is -2.35. The fraction of sp³-hybridized carbons (Fsp3) is 0.600. The number of nitrogens with zero attached hydrogens (tertiary/aromatic N) is 3. The minimum Gasteiger partial charge on any atom is -0.483 e. The van der Waals surface area contributed by atoms with Crippen molar-refractivity contribution in [1.29, 1.82) is 0 Å². The van der Waals surface area contributed by atoms with E-state index in [4.69, 9.17) is 25.1 Å². The Morgan fingerprint density at radius 1 is 1.40 bits per heavy atom. The van der Waals surface area contributed by atoms with Crippen LogP contribution < -0.4 is 10.6 Å². The van der Waals surface area contributed by atoms with E-state index in [1.54, 1.807) is 0 Å². The SMILES string of the molecule is Nc1nnc(N2CCC3(CC2)COC(=O)O3)s1.O=CO. The predicted octanol–water partition coefficient (Wildman–Crippen LogP) is 0.327. The first-order chi connectivity index (χ1) is 9.58. The third-order valence-corrected chi connectivity index (χ3v) is 3.94. The molecule has 9 nitrogen and oxygen atoms in total. The number of carbonyl (C=O) groups is 2. The Hall–Kier alpha value is -2.10. The smallest absolute Gasteiger partial charge is 0.483 e. The molecule has 2 fully saturated rings. The molecule has 0 aromatic carbocycles. The van der Waals surface area contributed by atoms with Gasteiger partial charge in [0.25, 0.3) is 6.47 Å². The molecule has 0 radical (unpaired) electrons. The van der Waals surface area contributed by atoms with Crippen LogP contribution in [0.2, 0.25) is 0 Å². The molecule has 20 heavy (non-hydrogen) atoms. The molecule has 3 rings (SSSR count). The number of rotatable bonds is 1. The van der Waals surface area contributed by atoms with E-state index in [0.29, 0.717) is 11.7 Å². The van der Waals surface area contributed by atoms with E-state index in [9.17, 15) is 4.79 Å². The van der Waals surface area contributed by atoms with Gasteiger partial charge in [0, 0.05) is 25.9 Å². The van der Waals surface area contributed by atoms with Gasteiger partial charge >= 0.3 is 6.16 Å². The molecule has 2 aliphatic rings. The molecule has 3 N–H and O–H groups in total. The highest BCUT2D eigenvalue weighted by Gasteiger charge is 2.45. The van der Waals surface area contributed by atoms with Crippen molar-refractivity contribution in [3.05, 3.63) is 0 Å². The summed E-state index contributed by atoms with van der Waals surface area (Å²) in [6.45, 7) is 1.65. The number of hydrogen-bond acceptors (Lipinski definition) is 9. The molecule has 0 aliphatic carbocycles. The van der Waals surface area contributed by atoms with Crippen LogP contribution in [0.4, 0.5) is 15.1 Å². The summed E-state index contributed by atoms with van der Waals surface area (Å²) >= 11 is 1.37. The van der Waals surface area contributed by atoms with Crippen molar-refractivity contribution >= 4 is 34.2 Å². The van der Waals surface area contributed by atoms with E-state index in [1.165, 1.54) is 11.3 Å². The third-order valence-electron chi connectivity index (χ3n) is 3.13. The average molecular weight is 302 g/mol. The van der Waals surface area contributed by atoms with Gasteiger partial charge in [-0.15, -0.1) is 10.2 Å². The summed E-state index contributed by atoms with van der Waals surface area (Å²) < 4.78 is 10.1. The number of carbonyl (C=O) groups excluding carboxylic acids is 1. The summed E-state index contributed by atoms with van der Waals surface area (Å²) in [5, 5.41) is 16.0. The number of nitrogen functional groups attached to an aromatic ring is 1. The van der Waals surface area contributed by atoms with Gasteiger partial charge in [-0.3, -0.25) is 4.79 Å². The molecule has 110 valence electrons. The number of anilines is 2. The molecule has 0 bridgehead atoms. The molecule has 2 aliphatic heterocycles. The number of cyclic esters (lactones) is 1. The number of piperidine rings is 1. The molecule has 0 unspecified atom stereocenters. The zero-order chi connectivity index (χ0) is 14.6. The van der Waals surface area contributed by atoms with Crippen molar-refractivity contribution in [2.24, 2.45) is 0 Å². The maximum Gasteiger partial charge on any atom is 0.509 e. The second-order valence-corrected chi connectivity index (χ2v) is 5.33. The third kappa shape index (κ3) is 3.07. The quantitative estimate of drug-likeness (QED) is 0.556. The Balaban J connectivity index is 0.000000452. The van der Waals surface area contributed by atoms with E-state index in [-0.39, 0.29) is 6.47 Å². The lowest BCUT2D eigenvalue weighted by Crippen LogP contribution is -2.46. The van der Waals surface area contributed by atoms with Crippen molar-refractivity contribution in [2.75, 3.05) is 30.3 Å². The Morgan fingerprint density at radius 2 is 2.05 bits per heavy atom. The summed E-state index contributed by atoms with van der Waals surface area (Å²) in [4.78, 5) is 21.4. The van der Waals surface area contributed by atoms with Crippen molar-refractivity contribution in [3.63, 3.8) is 0 Å². The van der Waals surface area contributed by atoms with Crippen LogP contribution in [0, 0.1) is 0 Å².